The highest BCUT2D eigenvalue weighted by atomic mass is 16.5. The van der Waals surface area contributed by atoms with E-state index in [4.69, 9.17) is 14.2 Å². The minimum absolute atomic E-state index is 0.188. The molecule has 0 spiro atoms. The number of aryl methyl sites for hydroxylation is 1. The van der Waals surface area contributed by atoms with Crippen LogP contribution >= 0.6 is 0 Å². The summed E-state index contributed by atoms with van der Waals surface area (Å²) in [6, 6.07) is 16.0. The third-order valence-corrected chi connectivity index (χ3v) is 5.66. The number of carbonyl (C=O) groups is 2. The first-order valence-corrected chi connectivity index (χ1v) is 11.0. The van der Waals surface area contributed by atoms with Gasteiger partial charge in [0, 0.05) is 26.3 Å². The number of methoxy groups -OCH3 is 1. The monoisotopic (exact) mass is 461 g/mol. The maximum absolute atomic E-state index is 13.5. The average molecular weight is 462 g/mol. The number of amides is 2. The molecule has 176 valence electrons. The third kappa shape index (κ3) is 4.80. The Morgan fingerprint density at radius 1 is 1.00 bits per heavy atom. The topological polar surface area (TPSA) is 81.2 Å². The Kier molecular flexibility index (Phi) is 6.96. The van der Waals surface area contributed by atoms with Gasteiger partial charge in [0.2, 0.25) is 5.88 Å². The number of fused-ring (bicyclic) bond motifs is 2. The van der Waals surface area contributed by atoms with E-state index in [1.807, 2.05) is 31.2 Å². The highest BCUT2D eigenvalue weighted by Crippen LogP contribution is 2.32. The van der Waals surface area contributed by atoms with Crippen LogP contribution in [-0.2, 0) is 0 Å². The SMILES string of the molecule is COc1c(C)cccc1C(=O)N1CCOc2ccccc2Oc2ncccc2C(=O)N(C)CC1. The number of pyridine rings is 1. The number of ether oxygens (including phenoxy) is 3. The van der Waals surface area contributed by atoms with E-state index in [0.717, 1.165) is 5.56 Å². The summed E-state index contributed by atoms with van der Waals surface area (Å²) in [5, 5.41) is 0. The van der Waals surface area contributed by atoms with Gasteiger partial charge in [-0.2, -0.15) is 0 Å². The van der Waals surface area contributed by atoms with Crippen molar-refractivity contribution >= 4 is 11.8 Å². The number of likely N-dealkylation sites (N-methyl/N-ethyl adjacent to an activating group) is 1. The van der Waals surface area contributed by atoms with E-state index in [1.54, 1.807) is 60.5 Å². The number of para-hydroxylation sites is 3. The Bertz CT molecular complexity index is 1200. The number of aromatic nitrogens is 1. The van der Waals surface area contributed by atoms with Crippen LogP contribution in [0.25, 0.3) is 0 Å². The number of carbonyl (C=O) groups excluding carboxylic acids is 2. The van der Waals surface area contributed by atoms with Crippen LogP contribution < -0.4 is 14.2 Å². The highest BCUT2D eigenvalue weighted by molar-refractivity contribution is 5.98. The van der Waals surface area contributed by atoms with Crippen LogP contribution in [0.3, 0.4) is 0 Å². The van der Waals surface area contributed by atoms with E-state index in [2.05, 4.69) is 4.98 Å². The summed E-state index contributed by atoms with van der Waals surface area (Å²) in [5.74, 6) is 1.24. The summed E-state index contributed by atoms with van der Waals surface area (Å²) >= 11 is 0. The van der Waals surface area contributed by atoms with Gasteiger partial charge in [-0.05, 0) is 42.8 Å². The standard InChI is InChI=1S/C26H27N3O5/c1-18-8-6-9-19(23(18)32-3)26(31)29-15-14-28(2)25(30)20-10-7-13-27-24(20)34-22-12-5-4-11-21(22)33-17-16-29/h4-13H,14-17H2,1-3H3. The molecule has 0 fully saturated rings. The summed E-state index contributed by atoms with van der Waals surface area (Å²) in [5.41, 5.74) is 1.68. The van der Waals surface area contributed by atoms with Gasteiger partial charge in [-0.25, -0.2) is 4.98 Å². The first-order valence-electron chi connectivity index (χ1n) is 11.0. The van der Waals surface area contributed by atoms with Gasteiger partial charge in [-0.3, -0.25) is 9.59 Å². The Labute approximate surface area is 198 Å². The van der Waals surface area contributed by atoms with Crippen molar-refractivity contribution in [3.63, 3.8) is 0 Å². The third-order valence-electron chi connectivity index (χ3n) is 5.66. The summed E-state index contributed by atoms with van der Waals surface area (Å²) in [6.45, 7) is 3.09. The second-order valence-corrected chi connectivity index (χ2v) is 7.93. The molecule has 8 heteroatoms. The van der Waals surface area contributed by atoms with Gasteiger partial charge in [0.05, 0.1) is 19.2 Å². The van der Waals surface area contributed by atoms with Gasteiger partial charge in [0.15, 0.2) is 11.5 Å². The number of rotatable bonds is 2. The van der Waals surface area contributed by atoms with Crippen molar-refractivity contribution in [2.24, 2.45) is 0 Å². The zero-order valence-corrected chi connectivity index (χ0v) is 19.5. The minimum atomic E-state index is -0.249. The highest BCUT2D eigenvalue weighted by Gasteiger charge is 2.24. The predicted octanol–water partition coefficient (Wildman–Crippen LogP) is 3.80. The second kappa shape index (κ2) is 10.2. The van der Waals surface area contributed by atoms with Crippen LogP contribution in [0.4, 0.5) is 0 Å². The maximum atomic E-state index is 13.5. The Morgan fingerprint density at radius 2 is 1.79 bits per heavy atom. The molecule has 2 heterocycles. The lowest BCUT2D eigenvalue weighted by atomic mass is 10.1. The fourth-order valence-corrected chi connectivity index (χ4v) is 3.81. The van der Waals surface area contributed by atoms with E-state index in [9.17, 15) is 9.59 Å². The Hall–Kier alpha value is -4.07. The summed E-state index contributed by atoms with van der Waals surface area (Å²) in [6.07, 6.45) is 1.57. The van der Waals surface area contributed by atoms with Gasteiger partial charge in [0.25, 0.3) is 11.8 Å². The van der Waals surface area contributed by atoms with Crippen molar-refractivity contribution in [1.82, 2.24) is 14.8 Å². The van der Waals surface area contributed by atoms with E-state index >= 15 is 0 Å². The summed E-state index contributed by atoms with van der Waals surface area (Å²) < 4.78 is 17.5. The van der Waals surface area contributed by atoms with E-state index in [-0.39, 0.29) is 24.3 Å². The molecular weight excluding hydrogens is 434 g/mol. The van der Waals surface area contributed by atoms with Crippen LogP contribution in [-0.4, -0.2) is 67.0 Å². The first-order chi connectivity index (χ1) is 16.5. The summed E-state index contributed by atoms with van der Waals surface area (Å²) in [7, 11) is 3.25. The van der Waals surface area contributed by atoms with Crippen molar-refractivity contribution in [2.75, 3.05) is 40.4 Å². The van der Waals surface area contributed by atoms with Crippen LogP contribution in [0.15, 0.2) is 60.8 Å². The molecule has 0 bridgehead atoms. The molecule has 0 aliphatic carbocycles. The van der Waals surface area contributed by atoms with E-state index in [0.29, 0.717) is 48.0 Å². The molecule has 8 nitrogen and oxygen atoms in total. The molecule has 0 saturated heterocycles. The molecule has 0 unspecified atom stereocenters. The van der Waals surface area contributed by atoms with Crippen molar-refractivity contribution < 1.29 is 23.8 Å². The molecule has 0 atom stereocenters. The van der Waals surface area contributed by atoms with Crippen LogP contribution in [0.2, 0.25) is 0 Å². The number of hydrogen-bond donors (Lipinski definition) is 0. The van der Waals surface area contributed by atoms with Crippen LogP contribution in [0.1, 0.15) is 26.3 Å². The normalized spacial score (nSPS) is 14.4. The zero-order valence-electron chi connectivity index (χ0n) is 19.5. The lowest BCUT2D eigenvalue weighted by Gasteiger charge is -2.26. The van der Waals surface area contributed by atoms with E-state index in [1.165, 1.54) is 0 Å². The van der Waals surface area contributed by atoms with Gasteiger partial charge in [-0.15, -0.1) is 0 Å². The molecule has 1 aromatic heterocycles. The fraction of sp³-hybridized carbons (Fsp3) is 0.269. The Balaban J connectivity index is 1.68. The molecule has 2 amide bonds. The van der Waals surface area contributed by atoms with Gasteiger partial charge >= 0.3 is 0 Å². The molecule has 0 N–H and O–H groups in total. The van der Waals surface area contributed by atoms with Crippen molar-refractivity contribution in [3.05, 3.63) is 77.5 Å². The molecule has 0 radical (unpaired) electrons. The van der Waals surface area contributed by atoms with Crippen molar-refractivity contribution in [1.29, 1.82) is 0 Å². The largest absolute Gasteiger partial charge is 0.496 e. The van der Waals surface area contributed by atoms with Crippen LogP contribution in [0.5, 0.6) is 23.1 Å². The quantitative estimate of drug-likeness (QED) is 0.578. The molecule has 34 heavy (non-hydrogen) atoms. The number of nitrogens with zero attached hydrogens (tertiary/aromatic N) is 3. The molecule has 1 aliphatic heterocycles. The van der Waals surface area contributed by atoms with Gasteiger partial charge in [-0.1, -0.05) is 24.3 Å². The lowest BCUT2D eigenvalue weighted by molar-refractivity contribution is 0.0666. The fourth-order valence-electron chi connectivity index (χ4n) is 3.81. The molecule has 4 rings (SSSR count). The molecule has 1 aliphatic rings. The summed E-state index contributed by atoms with van der Waals surface area (Å²) in [4.78, 5) is 34.2. The van der Waals surface area contributed by atoms with Gasteiger partial charge in [0.1, 0.15) is 17.9 Å². The van der Waals surface area contributed by atoms with Crippen molar-refractivity contribution in [2.45, 2.75) is 6.92 Å². The smallest absolute Gasteiger partial charge is 0.259 e. The minimum Gasteiger partial charge on any atom is -0.496 e. The molecule has 0 saturated carbocycles. The Morgan fingerprint density at radius 3 is 2.59 bits per heavy atom. The predicted molar refractivity (Wildman–Crippen MR) is 127 cm³/mol. The maximum Gasteiger partial charge on any atom is 0.259 e. The molecule has 2 aromatic carbocycles. The number of hydrogen-bond acceptors (Lipinski definition) is 6. The zero-order chi connectivity index (χ0) is 24.1. The lowest BCUT2D eigenvalue weighted by Crippen LogP contribution is -2.41. The van der Waals surface area contributed by atoms with E-state index < -0.39 is 0 Å². The van der Waals surface area contributed by atoms with Crippen LogP contribution in [0, 0.1) is 6.92 Å². The molecular formula is C26H27N3O5. The number of benzene rings is 2. The second-order valence-electron chi connectivity index (χ2n) is 7.93. The average Bonchev–Trinajstić information content (AvgIpc) is 2.86. The molecule has 3 aromatic rings. The van der Waals surface area contributed by atoms with Crippen molar-refractivity contribution in [3.8, 4) is 23.1 Å². The van der Waals surface area contributed by atoms with Gasteiger partial charge < -0.3 is 24.0 Å². The first kappa shape index (κ1) is 23.1.